The largest absolute Gasteiger partial charge is 0.345 e. The lowest BCUT2D eigenvalue weighted by Gasteiger charge is -2.06. The highest BCUT2D eigenvalue weighted by Crippen LogP contribution is 2.22. The Morgan fingerprint density at radius 2 is 2.31 bits per heavy atom. The Bertz CT molecular complexity index is 578. The van der Waals surface area contributed by atoms with Gasteiger partial charge in [-0.25, -0.2) is 0 Å². The van der Waals surface area contributed by atoms with E-state index in [0.717, 1.165) is 5.69 Å². The average molecular weight is 235 g/mol. The minimum atomic E-state index is -0.150. The molecule has 0 spiro atoms. The number of amides is 1. The molecular formula is C10H7ClN4O. The maximum absolute atomic E-state index is 11.8. The highest BCUT2D eigenvalue weighted by Gasteiger charge is 2.20. The molecule has 1 aliphatic rings. The fraction of sp³-hybridized carbons (Fsp3) is 0.100. The number of fused-ring (bicyclic) bond motifs is 3. The molecule has 1 amide bonds. The number of aromatic nitrogens is 3. The molecule has 1 aromatic carbocycles. The molecule has 3 rings (SSSR count). The smallest absolute Gasteiger partial charge is 0.253 e. The summed E-state index contributed by atoms with van der Waals surface area (Å²) in [5, 5.41) is 11.0. The van der Waals surface area contributed by atoms with Crippen LogP contribution < -0.4 is 5.32 Å². The summed E-state index contributed by atoms with van der Waals surface area (Å²) in [6, 6.07) is 5.17. The first-order valence-electron chi connectivity index (χ1n) is 4.73. The van der Waals surface area contributed by atoms with Crippen LogP contribution in [0.25, 0.3) is 5.69 Å². The van der Waals surface area contributed by atoms with Gasteiger partial charge in [-0.2, -0.15) is 0 Å². The van der Waals surface area contributed by atoms with E-state index in [1.165, 1.54) is 0 Å². The van der Waals surface area contributed by atoms with Crippen LogP contribution in [0.3, 0.4) is 0 Å². The molecule has 0 fully saturated rings. The van der Waals surface area contributed by atoms with Crippen LogP contribution in [-0.2, 0) is 6.54 Å². The van der Waals surface area contributed by atoms with Gasteiger partial charge in [0.1, 0.15) is 6.33 Å². The molecule has 1 N–H and O–H groups in total. The molecule has 0 unspecified atom stereocenters. The lowest BCUT2D eigenvalue weighted by molar-refractivity contribution is 0.0952. The Kier molecular flexibility index (Phi) is 1.94. The summed E-state index contributed by atoms with van der Waals surface area (Å²) < 4.78 is 1.78. The molecule has 0 radical (unpaired) electrons. The van der Waals surface area contributed by atoms with E-state index in [-0.39, 0.29) is 5.91 Å². The van der Waals surface area contributed by atoms with Crippen LogP contribution in [0.15, 0.2) is 24.5 Å². The molecule has 2 heterocycles. The summed E-state index contributed by atoms with van der Waals surface area (Å²) in [5.74, 6) is 0.553. The minimum Gasteiger partial charge on any atom is -0.345 e. The number of hydrogen-bond acceptors (Lipinski definition) is 3. The van der Waals surface area contributed by atoms with Gasteiger partial charge in [0.05, 0.1) is 17.8 Å². The van der Waals surface area contributed by atoms with Gasteiger partial charge in [-0.05, 0) is 18.2 Å². The Morgan fingerprint density at radius 3 is 3.19 bits per heavy atom. The predicted octanol–water partition coefficient (Wildman–Crippen LogP) is 1.16. The monoisotopic (exact) mass is 234 g/mol. The lowest BCUT2D eigenvalue weighted by Crippen LogP contribution is -2.21. The maximum atomic E-state index is 11.8. The predicted molar refractivity (Wildman–Crippen MR) is 57.5 cm³/mol. The fourth-order valence-electron chi connectivity index (χ4n) is 1.74. The molecule has 0 saturated carbocycles. The number of hydrogen-bond donors (Lipinski definition) is 1. The Morgan fingerprint density at radius 1 is 1.44 bits per heavy atom. The van der Waals surface area contributed by atoms with Crippen molar-refractivity contribution in [2.24, 2.45) is 0 Å². The van der Waals surface area contributed by atoms with Gasteiger partial charge >= 0.3 is 0 Å². The second-order valence-electron chi connectivity index (χ2n) is 3.46. The zero-order valence-electron chi connectivity index (χ0n) is 8.14. The highest BCUT2D eigenvalue weighted by atomic mass is 35.5. The van der Waals surface area contributed by atoms with Crippen molar-refractivity contribution in [2.45, 2.75) is 6.54 Å². The van der Waals surface area contributed by atoms with Crippen LogP contribution in [0.5, 0.6) is 0 Å². The topological polar surface area (TPSA) is 59.8 Å². The van der Waals surface area contributed by atoms with Gasteiger partial charge in [-0.15, -0.1) is 10.2 Å². The van der Waals surface area contributed by atoms with Gasteiger partial charge < -0.3 is 5.32 Å². The second-order valence-corrected chi connectivity index (χ2v) is 3.90. The Balaban J connectivity index is 2.31. The van der Waals surface area contributed by atoms with Crippen LogP contribution in [0, 0.1) is 0 Å². The first kappa shape index (κ1) is 9.35. The second kappa shape index (κ2) is 3.31. The standard InChI is InChI=1S/C10H7ClN4O/c11-6-1-2-8-7(3-6)10(16)12-4-9-14-13-5-15(8)9/h1-3,5H,4H2,(H,12,16). The van der Waals surface area contributed by atoms with Crippen LogP contribution in [0.4, 0.5) is 0 Å². The van der Waals surface area contributed by atoms with E-state index in [4.69, 9.17) is 11.6 Å². The lowest BCUT2D eigenvalue weighted by atomic mass is 10.1. The van der Waals surface area contributed by atoms with Gasteiger partial charge in [-0.1, -0.05) is 11.6 Å². The number of nitrogens with one attached hydrogen (secondary N) is 1. The van der Waals surface area contributed by atoms with Crippen LogP contribution in [0.1, 0.15) is 16.2 Å². The Labute approximate surface area is 96.1 Å². The molecule has 5 nitrogen and oxygen atoms in total. The van der Waals surface area contributed by atoms with E-state index >= 15 is 0 Å². The molecule has 0 bridgehead atoms. The third kappa shape index (κ3) is 1.29. The Hall–Kier alpha value is -1.88. The van der Waals surface area contributed by atoms with Crippen LogP contribution >= 0.6 is 11.6 Å². The van der Waals surface area contributed by atoms with Gasteiger partial charge in [0.25, 0.3) is 5.91 Å². The molecule has 1 aromatic heterocycles. The van der Waals surface area contributed by atoms with Crippen molar-refractivity contribution in [3.8, 4) is 5.69 Å². The maximum Gasteiger partial charge on any atom is 0.253 e. The summed E-state index contributed by atoms with van der Waals surface area (Å²) in [6.07, 6.45) is 1.59. The summed E-state index contributed by atoms with van der Waals surface area (Å²) in [7, 11) is 0. The number of halogens is 1. The van der Waals surface area contributed by atoms with Crippen molar-refractivity contribution in [1.29, 1.82) is 0 Å². The molecule has 80 valence electrons. The van der Waals surface area contributed by atoms with Crippen molar-refractivity contribution < 1.29 is 4.79 Å². The SMILES string of the molecule is O=C1NCc2nncn2-c2ccc(Cl)cc21. The molecule has 2 aromatic rings. The van der Waals surface area contributed by atoms with Crippen LogP contribution in [-0.4, -0.2) is 20.7 Å². The first-order valence-corrected chi connectivity index (χ1v) is 5.10. The quantitative estimate of drug-likeness (QED) is 0.744. The van der Waals surface area contributed by atoms with Crippen molar-refractivity contribution in [2.75, 3.05) is 0 Å². The molecular weight excluding hydrogens is 228 g/mol. The average Bonchev–Trinajstić information content (AvgIpc) is 2.69. The molecule has 0 atom stereocenters. The van der Waals surface area contributed by atoms with E-state index in [2.05, 4.69) is 15.5 Å². The third-order valence-corrected chi connectivity index (χ3v) is 2.72. The fourth-order valence-corrected chi connectivity index (χ4v) is 1.91. The van der Waals surface area contributed by atoms with Gasteiger partial charge in [0.2, 0.25) is 0 Å². The normalized spacial score (nSPS) is 13.7. The van der Waals surface area contributed by atoms with Crippen molar-refractivity contribution in [3.05, 3.63) is 40.9 Å². The number of carbonyl (C=O) groups excluding carboxylic acids is 1. The van der Waals surface area contributed by atoms with Crippen molar-refractivity contribution >= 4 is 17.5 Å². The molecule has 0 aliphatic carbocycles. The summed E-state index contributed by atoms with van der Waals surface area (Å²) >= 11 is 5.88. The van der Waals surface area contributed by atoms with Crippen molar-refractivity contribution in [1.82, 2.24) is 20.1 Å². The van der Waals surface area contributed by atoms with E-state index in [1.54, 1.807) is 29.1 Å². The summed E-state index contributed by atoms with van der Waals surface area (Å²) in [4.78, 5) is 11.8. The van der Waals surface area contributed by atoms with E-state index in [9.17, 15) is 4.79 Å². The minimum absolute atomic E-state index is 0.150. The number of carbonyl (C=O) groups is 1. The number of nitrogens with zero attached hydrogens (tertiary/aromatic N) is 3. The van der Waals surface area contributed by atoms with Gasteiger partial charge in [0.15, 0.2) is 5.82 Å². The highest BCUT2D eigenvalue weighted by molar-refractivity contribution is 6.31. The summed E-state index contributed by atoms with van der Waals surface area (Å²) in [6.45, 7) is 0.366. The number of rotatable bonds is 0. The van der Waals surface area contributed by atoms with Gasteiger partial charge in [0, 0.05) is 5.02 Å². The zero-order chi connectivity index (χ0) is 11.1. The third-order valence-electron chi connectivity index (χ3n) is 2.49. The molecule has 16 heavy (non-hydrogen) atoms. The molecule has 0 saturated heterocycles. The number of benzene rings is 1. The molecule has 1 aliphatic heterocycles. The van der Waals surface area contributed by atoms with Gasteiger partial charge in [-0.3, -0.25) is 9.36 Å². The zero-order valence-corrected chi connectivity index (χ0v) is 8.90. The van der Waals surface area contributed by atoms with Crippen LogP contribution in [0.2, 0.25) is 5.02 Å². The first-order chi connectivity index (χ1) is 7.75. The summed E-state index contributed by atoms with van der Waals surface area (Å²) in [5.41, 5.74) is 1.28. The van der Waals surface area contributed by atoms with E-state index in [0.29, 0.717) is 23.0 Å². The molecule has 6 heteroatoms. The van der Waals surface area contributed by atoms with E-state index < -0.39 is 0 Å². The van der Waals surface area contributed by atoms with Crippen molar-refractivity contribution in [3.63, 3.8) is 0 Å². The van der Waals surface area contributed by atoms with E-state index in [1.807, 2.05) is 0 Å².